The molecule has 1 aliphatic rings. The summed E-state index contributed by atoms with van der Waals surface area (Å²) in [6.07, 6.45) is 9.93. The Kier molecular flexibility index (Phi) is 9.44. The number of terminal acetylenes is 1. The van der Waals surface area contributed by atoms with Gasteiger partial charge in [-0.25, -0.2) is 4.31 Å². The van der Waals surface area contributed by atoms with Crippen LogP contribution in [0.1, 0.15) is 28.8 Å². The molecule has 0 spiro atoms. The van der Waals surface area contributed by atoms with E-state index in [9.17, 15) is 4.79 Å². The van der Waals surface area contributed by atoms with Crippen LogP contribution in [0.25, 0.3) is 0 Å². The van der Waals surface area contributed by atoms with Crippen LogP contribution in [0, 0.1) is 12.8 Å². The predicted octanol–water partition coefficient (Wildman–Crippen LogP) is 5.76. The van der Waals surface area contributed by atoms with Gasteiger partial charge in [0.05, 0.1) is 7.11 Å². The van der Waals surface area contributed by atoms with Crippen LogP contribution in [-0.4, -0.2) is 41.4 Å². The van der Waals surface area contributed by atoms with E-state index < -0.39 is 0 Å². The molecule has 4 rings (SSSR count). The number of carbonyl (C=O) groups is 1. The molecule has 1 saturated heterocycles. The van der Waals surface area contributed by atoms with Gasteiger partial charge in [0.25, 0.3) is 5.91 Å². The Morgan fingerprint density at radius 2 is 1.52 bits per heavy atom. The van der Waals surface area contributed by atoms with Crippen molar-refractivity contribution in [2.24, 2.45) is 0 Å². The highest BCUT2D eigenvalue weighted by molar-refractivity contribution is 7.97. The SMILES string of the molecule is C#C.COc1ccc(SN(Cc2ccccc2)C2CCN(C(=O)c3ccccc3)CC2)cc1. The van der Waals surface area contributed by atoms with E-state index in [1.54, 1.807) is 19.1 Å². The van der Waals surface area contributed by atoms with Gasteiger partial charge in [0.2, 0.25) is 0 Å². The maximum atomic E-state index is 12.8. The van der Waals surface area contributed by atoms with Gasteiger partial charge in [-0.3, -0.25) is 4.79 Å². The zero-order valence-electron chi connectivity index (χ0n) is 19.0. The molecule has 3 aromatic rings. The van der Waals surface area contributed by atoms with Gasteiger partial charge in [-0.2, -0.15) is 0 Å². The van der Waals surface area contributed by atoms with E-state index in [0.717, 1.165) is 43.8 Å². The second-order valence-electron chi connectivity index (χ2n) is 7.72. The van der Waals surface area contributed by atoms with Crippen molar-refractivity contribution in [3.63, 3.8) is 0 Å². The van der Waals surface area contributed by atoms with Gasteiger partial charge in [0.1, 0.15) is 5.75 Å². The highest BCUT2D eigenvalue weighted by atomic mass is 32.2. The summed E-state index contributed by atoms with van der Waals surface area (Å²) in [6, 6.07) is 28.8. The zero-order chi connectivity index (χ0) is 23.5. The van der Waals surface area contributed by atoms with Gasteiger partial charge in [-0.15, -0.1) is 12.8 Å². The van der Waals surface area contributed by atoms with Crippen LogP contribution in [0.3, 0.4) is 0 Å². The minimum atomic E-state index is 0.136. The summed E-state index contributed by atoms with van der Waals surface area (Å²) < 4.78 is 7.77. The molecule has 33 heavy (non-hydrogen) atoms. The van der Waals surface area contributed by atoms with Gasteiger partial charge in [-0.1, -0.05) is 48.5 Å². The van der Waals surface area contributed by atoms with Crippen molar-refractivity contribution in [3.05, 3.63) is 96.1 Å². The summed E-state index contributed by atoms with van der Waals surface area (Å²) in [5.74, 6) is 1.00. The lowest BCUT2D eigenvalue weighted by molar-refractivity contribution is 0.0680. The van der Waals surface area contributed by atoms with E-state index in [2.05, 4.69) is 59.6 Å². The number of nitrogens with zero attached hydrogens (tertiary/aromatic N) is 2. The highest BCUT2D eigenvalue weighted by Crippen LogP contribution is 2.32. The zero-order valence-corrected chi connectivity index (χ0v) is 19.8. The summed E-state index contributed by atoms with van der Waals surface area (Å²) in [5.41, 5.74) is 2.07. The third-order valence-corrected chi connectivity index (χ3v) is 6.79. The topological polar surface area (TPSA) is 32.8 Å². The summed E-state index contributed by atoms with van der Waals surface area (Å²) in [5, 5.41) is 0. The molecule has 0 bridgehead atoms. The molecule has 0 aromatic heterocycles. The van der Waals surface area contributed by atoms with Crippen LogP contribution in [0.4, 0.5) is 0 Å². The first-order valence-corrected chi connectivity index (χ1v) is 11.8. The van der Waals surface area contributed by atoms with Crippen LogP contribution in [0.2, 0.25) is 0 Å². The van der Waals surface area contributed by atoms with E-state index in [0.29, 0.717) is 6.04 Å². The Bertz CT molecular complexity index is 998. The number of carbonyl (C=O) groups excluding carboxylic acids is 1. The first-order valence-electron chi connectivity index (χ1n) is 11.0. The molecule has 5 heteroatoms. The molecular formula is C28H30N2O2S. The Hall–Kier alpha value is -3.20. The van der Waals surface area contributed by atoms with Crippen molar-refractivity contribution in [2.45, 2.75) is 30.3 Å². The third-order valence-electron chi connectivity index (χ3n) is 5.64. The average Bonchev–Trinajstić information content (AvgIpc) is 2.91. The number of ether oxygens (including phenoxy) is 1. The maximum Gasteiger partial charge on any atom is 0.253 e. The molecule has 0 aliphatic carbocycles. The molecule has 1 fully saturated rings. The number of likely N-dealkylation sites (tertiary alicyclic amines) is 1. The molecule has 0 unspecified atom stereocenters. The molecular weight excluding hydrogens is 428 g/mol. The number of benzene rings is 3. The Labute approximate surface area is 201 Å². The molecule has 3 aromatic carbocycles. The van der Waals surface area contributed by atoms with Crippen molar-refractivity contribution in [3.8, 4) is 18.6 Å². The van der Waals surface area contributed by atoms with Crippen LogP contribution >= 0.6 is 11.9 Å². The largest absolute Gasteiger partial charge is 0.497 e. The van der Waals surface area contributed by atoms with Gasteiger partial charge in [0.15, 0.2) is 0 Å². The number of hydrogen-bond acceptors (Lipinski definition) is 4. The van der Waals surface area contributed by atoms with Crippen LogP contribution < -0.4 is 4.74 Å². The van der Waals surface area contributed by atoms with Crippen molar-refractivity contribution >= 4 is 17.9 Å². The molecule has 0 atom stereocenters. The maximum absolute atomic E-state index is 12.8. The minimum absolute atomic E-state index is 0.136. The van der Waals surface area contributed by atoms with Crippen LogP contribution in [-0.2, 0) is 6.54 Å². The van der Waals surface area contributed by atoms with Gasteiger partial charge in [0, 0.05) is 36.1 Å². The van der Waals surface area contributed by atoms with Gasteiger partial charge < -0.3 is 9.64 Å². The van der Waals surface area contributed by atoms with Gasteiger partial charge >= 0.3 is 0 Å². The Balaban J connectivity index is 0.00000149. The lowest BCUT2D eigenvalue weighted by atomic mass is 10.0. The summed E-state index contributed by atoms with van der Waals surface area (Å²) >= 11 is 1.79. The molecule has 1 heterocycles. The van der Waals surface area contributed by atoms with E-state index in [1.807, 2.05) is 47.4 Å². The molecule has 0 radical (unpaired) electrons. The fraction of sp³-hybridized carbons (Fsp3) is 0.250. The number of rotatable bonds is 7. The summed E-state index contributed by atoms with van der Waals surface area (Å²) in [7, 11) is 1.69. The third kappa shape index (κ3) is 6.89. The fourth-order valence-electron chi connectivity index (χ4n) is 3.89. The first kappa shape index (κ1) is 24.4. The normalized spacial score (nSPS) is 13.8. The molecule has 0 saturated carbocycles. The van der Waals surface area contributed by atoms with E-state index in [4.69, 9.17) is 4.74 Å². The van der Waals surface area contributed by atoms with Crippen molar-refractivity contribution in [1.82, 2.24) is 9.21 Å². The van der Waals surface area contributed by atoms with E-state index in [1.165, 1.54) is 10.5 Å². The first-order chi connectivity index (χ1) is 16.2. The summed E-state index contributed by atoms with van der Waals surface area (Å²) in [6.45, 7) is 2.44. The smallest absolute Gasteiger partial charge is 0.253 e. The fourth-order valence-corrected chi connectivity index (χ4v) is 4.99. The average molecular weight is 459 g/mol. The molecule has 170 valence electrons. The van der Waals surface area contributed by atoms with Crippen LogP contribution in [0.5, 0.6) is 5.75 Å². The lowest BCUT2D eigenvalue weighted by Gasteiger charge is -2.38. The van der Waals surface area contributed by atoms with E-state index >= 15 is 0 Å². The monoisotopic (exact) mass is 458 g/mol. The lowest BCUT2D eigenvalue weighted by Crippen LogP contribution is -2.44. The number of amides is 1. The quantitative estimate of drug-likeness (QED) is 0.333. The number of methoxy groups -OCH3 is 1. The highest BCUT2D eigenvalue weighted by Gasteiger charge is 2.28. The molecule has 0 N–H and O–H groups in total. The van der Waals surface area contributed by atoms with Gasteiger partial charge in [-0.05, 0) is 66.8 Å². The number of piperidine rings is 1. The Morgan fingerprint density at radius 3 is 2.09 bits per heavy atom. The second kappa shape index (κ2) is 12.7. The predicted molar refractivity (Wildman–Crippen MR) is 136 cm³/mol. The minimum Gasteiger partial charge on any atom is -0.497 e. The van der Waals surface area contributed by atoms with Crippen molar-refractivity contribution < 1.29 is 9.53 Å². The molecule has 1 aliphatic heterocycles. The standard InChI is InChI=1S/C26H28N2O2S.C2H2/c1-30-24-12-14-25(15-13-24)31-28(20-21-8-4-2-5-9-21)23-16-18-27(19-17-23)26(29)22-10-6-3-7-11-22;1-2/h2-15,23H,16-20H2,1H3;1-2H. The number of hydrogen-bond donors (Lipinski definition) is 0. The Morgan fingerprint density at radius 1 is 0.939 bits per heavy atom. The van der Waals surface area contributed by atoms with Crippen molar-refractivity contribution in [1.29, 1.82) is 0 Å². The molecule has 4 nitrogen and oxygen atoms in total. The van der Waals surface area contributed by atoms with Crippen LogP contribution in [0.15, 0.2) is 89.8 Å². The van der Waals surface area contributed by atoms with Crippen molar-refractivity contribution in [2.75, 3.05) is 20.2 Å². The molecule has 1 amide bonds. The second-order valence-corrected chi connectivity index (χ2v) is 8.84. The summed E-state index contributed by atoms with van der Waals surface area (Å²) in [4.78, 5) is 16.0. The van der Waals surface area contributed by atoms with E-state index in [-0.39, 0.29) is 5.91 Å².